The maximum absolute atomic E-state index is 11.9. The van der Waals surface area contributed by atoms with Gasteiger partial charge in [-0.3, -0.25) is 9.59 Å². The largest absolute Gasteiger partial charge is 0.465 e. The first-order valence-corrected chi connectivity index (χ1v) is 13.9. The van der Waals surface area contributed by atoms with E-state index in [1.165, 1.54) is 19.4 Å². The fourth-order valence-electron chi connectivity index (χ4n) is 8.96. The van der Waals surface area contributed by atoms with Crippen molar-refractivity contribution in [2.24, 2.45) is 28.6 Å². The van der Waals surface area contributed by atoms with Crippen molar-refractivity contribution in [3.05, 3.63) is 11.6 Å². The van der Waals surface area contributed by atoms with E-state index < -0.39 is 5.79 Å². The Labute approximate surface area is 210 Å². The molecule has 0 radical (unpaired) electrons. The van der Waals surface area contributed by atoms with E-state index in [0.717, 1.165) is 77.0 Å². The van der Waals surface area contributed by atoms with Crippen molar-refractivity contribution in [2.45, 2.75) is 116 Å². The average Bonchev–Trinajstić information content (AvgIpc) is 3.42. The third-order valence-electron chi connectivity index (χ3n) is 10.7. The predicted octanol–water partition coefficient (Wildman–Crippen LogP) is 5.73. The molecule has 0 bridgehead atoms. The second-order valence-electron chi connectivity index (χ2n) is 12.3. The third-order valence-corrected chi connectivity index (χ3v) is 10.7. The predicted molar refractivity (Wildman–Crippen MR) is 131 cm³/mol. The van der Waals surface area contributed by atoms with Crippen molar-refractivity contribution in [3.63, 3.8) is 0 Å². The molecular weight excluding hydrogens is 444 g/mol. The lowest BCUT2D eigenvalue weighted by Crippen LogP contribution is -2.54. The Hall–Kier alpha value is -1.40. The maximum Gasteiger partial charge on any atom is 0.302 e. The van der Waals surface area contributed by atoms with Crippen LogP contribution in [0.4, 0.5) is 0 Å². The van der Waals surface area contributed by atoms with E-state index in [-0.39, 0.29) is 35.0 Å². The molecule has 0 aromatic heterocycles. The molecule has 196 valence electrons. The summed E-state index contributed by atoms with van der Waals surface area (Å²) in [6.45, 7) is 5.89. The van der Waals surface area contributed by atoms with Crippen LogP contribution in [0, 0.1) is 28.6 Å². The van der Waals surface area contributed by atoms with Crippen LogP contribution in [0.5, 0.6) is 0 Å². The molecule has 5 aliphatic carbocycles. The molecule has 5 aliphatic rings. The number of rotatable bonds is 6. The Morgan fingerprint density at radius 3 is 2.43 bits per heavy atom. The molecule has 6 heteroatoms. The van der Waals surface area contributed by atoms with Gasteiger partial charge in [0.25, 0.3) is 0 Å². The van der Waals surface area contributed by atoms with Gasteiger partial charge >= 0.3 is 11.9 Å². The SMILES string of the molecule is COC1(O[C@H]2CC[C@@]3(COC(C)=O)C(=CC[C@@H]4[C@@H]3CC[C@]3(C)[C@@H](OC(C)=O)CC[C@@H]43)C2)CCCC1. The molecule has 0 unspecified atom stereocenters. The molecule has 6 nitrogen and oxygen atoms in total. The van der Waals surface area contributed by atoms with Crippen LogP contribution in [0.15, 0.2) is 11.6 Å². The number of hydrogen-bond acceptors (Lipinski definition) is 6. The molecule has 35 heavy (non-hydrogen) atoms. The quantitative estimate of drug-likeness (QED) is 0.270. The highest BCUT2D eigenvalue weighted by Gasteiger charge is 2.61. The van der Waals surface area contributed by atoms with E-state index in [0.29, 0.717) is 24.4 Å². The summed E-state index contributed by atoms with van der Waals surface area (Å²) in [6, 6.07) is 0. The van der Waals surface area contributed by atoms with Crippen LogP contribution < -0.4 is 0 Å². The van der Waals surface area contributed by atoms with Crippen LogP contribution in [-0.4, -0.2) is 43.7 Å². The Bertz CT molecular complexity index is 859. The van der Waals surface area contributed by atoms with Crippen LogP contribution in [0.3, 0.4) is 0 Å². The van der Waals surface area contributed by atoms with Crippen LogP contribution in [0.1, 0.15) is 97.8 Å². The highest BCUT2D eigenvalue weighted by molar-refractivity contribution is 5.66. The number of methoxy groups -OCH3 is 1. The Morgan fingerprint density at radius 1 is 0.971 bits per heavy atom. The number of hydrogen-bond donors (Lipinski definition) is 0. The van der Waals surface area contributed by atoms with Crippen molar-refractivity contribution in [2.75, 3.05) is 13.7 Å². The van der Waals surface area contributed by atoms with Gasteiger partial charge in [-0.25, -0.2) is 0 Å². The van der Waals surface area contributed by atoms with Gasteiger partial charge in [0.15, 0.2) is 5.79 Å². The molecular formula is C29H44O6. The van der Waals surface area contributed by atoms with Crippen molar-refractivity contribution in [1.29, 1.82) is 0 Å². The maximum atomic E-state index is 11.9. The van der Waals surface area contributed by atoms with Gasteiger partial charge in [0, 0.05) is 44.6 Å². The van der Waals surface area contributed by atoms with Crippen molar-refractivity contribution in [1.82, 2.24) is 0 Å². The number of ether oxygens (including phenoxy) is 4. The molecule has 0 amide bonds. The second kappa shape index (κ2) is 9.48. The molecule has 4 fully saturated rings. The molecule has 0 aromatic carbocycles. The molecule has 7 atom stereocenters. The summed E-state index contributed by atoms with van der Waals surface area (Å²) in [5, 5.41) is 0. The minimum atomic E-state index is -0.416. The van der Waals surface area contributed by atoms with E-state index in [2.05, 4.69) is 13.0 Å². The minimum absolute atomic E-state index is 0.0292. The van der Waals surface area contributed by atoms with Gasteiger partial charge in [0.1, 0.15) is 12.7 Å². The van der Waals surface area contributed by atoms with E-state index in [4.69, 9.17) is 18.9 Å². The number of allylic oxidation sites excluding steroid dienone is 1. The van der Waals surface area contributed by atoms with Gasteiger partial charge < -0.3 is 18.9 Å². The van der Waals surface area contributed by atoms with Gasteiger partial charge in [-0.2, -0.15) is 0 Å². The smallest absolute Gasteiger partial charge is 0.302 e. The summed E-state index contributed by atoms with van der Waals surface area (Å²) in [4.78, 5) is 23.7. The van der Waals surface area contributed by atoms with Gasteiger partial charge in [-0.1, -0.05) is 18.6 Å². The van der Waals surface area contributed by atoms with Crippen LogP contribution in [-0.2, 0) is 28.5 Å². The summed E-state index contributed by atoms with van der Waals surface area (Å²) in [5.41, 5.74) is 1.40. The average molecular weight is 489 g/mol. The second-order valence-corrected chi connectivity index (χ2v) is 12.3. The molecule has 0 spiro atoms. The number of carbonyl (C=O) groups is 2. The first-order valence-electron chi connectivity index (χ1n) is 13.9. The van der Waals surface area contributed by atoms with Crippen molar-refractivity contribution in [3.8, 4) is 0 Å². The fourth-order valence-corrected chi connectivity index (χ4v) is 8.96. The standard InChI is InChI=1S/C29H44O6/c1-19(30)33-18-28-16-11-22(35-29(32-4)13-5-6-14-29)17-21(28)7-8-23-24-9-10-26(34-20(2)31)27(24,3)15-12-25(23)28/h7,22-26H,5-6,8-18H2,1-4H3/t22-,23-,24-,25-,26-,27-,28+/m0/s1. The monoisotopic (exact) mass is 488 g/mol. The highest BCUT2D eigenvalue weighted by atomic mass is 16.7. The lowest BCUT2D eigenvalue weighted by molar-refractivity contribution is -0.248. The fraction of sp³-hybridized carbons (Fsp3) is 0.862. The highest BCUT2D eigenvalue weighted by Crippen LogP contribution is 2.65. The van der Waals surface area contributed by atoms with Gasteiger partial charge in [-0.05, 0) is 82.0 Å². The van der Waals surface area contributed by atoms with Crippen molar-refractivity contribution < 1.29 is 28.5 Å². The summed E-state index contributed by atoms with van der Waals surface area (Å²) in [7, 11) is 1.79. The number of carbonyl (C=O) groups excluding carboxylic acids is 2. The zero-order valence-electron chi connectivity index (χ0n) is 22.1. The van der Waals surface area contributed by atoms with Gasteiger partial charge in [0.2, 0.25) is 0 Å². The van der Waals surface area contributed by atoms with E-state index in [1.54, 1.807) is 7.11 Å². The molecule has 5 rings (SSSR count). The summed E-state index contributed by atoms with van der Waals surface area (Å²) in [6.07, 6.45) is 15.1. The Kier molecular flexibility index (Phi) is 6.84. The lowest BCUT2D eigenvalue weighted by atomic mass is 9.47. The molecule has 0 aliphatic heterocycles. The summed E-state index contributed by atoms with van der Waals surface area (Å²) in [5.74, 6) is 0.818. The molecule has 0 aromatic rings. The molecule has 0 saturated heterocycles. The number of fused-ring (bicyclic) bond motifs is 5. The van der Waals surface area contributed by atoms with E-state index in [1.807, 2.05) is 0 Å². The van der Waals surface area contributed by atoms with Crippen LogP contribution in [0.2, 0.25) is 0 Å². The third kappa shape index (κ3) is 4.37. The summed E-state index contributed by atoms with van der Waals surface area (Å²) >= 11 is 0. The molecule has 0 N–H and O–H groups in total. The Balaban J connectivity index is 1.39. The van der Waals surface area contributed by atoms with E-state index in [9.17, 15) is 9.59 Å². The zero-order valence-corrected chi connectivity index (χ0v) is 22.1. The van der Waals surface area contributed by atoms with Gasteiger partial charge in [0.05, 0.1) is 6.10 Å². The minimum Gasteiger partial charge on any atom is -0.465 e. The lowest BCUT2D eigenvalue weighted by Gasteiger charge is -2.58. The molecule has 0 heterocycles. The van der Waals surface area contributed by atoms with Crippen LogP contribution in [0.25, 0.3) is 0 Å². The molecule has 4 saturated carbocycles. The normalized spacial score (nSPS) is 41.8. The Morgan fingerprint density at radius 2 is 1.74 bits per heavy atom. The summed E-state index contributed by atoms with van der Waals surface area (Å²) < 4.78 is 24.2. The first kappa shape index (κ1) is 25.3. The first-order chi connectivity index (χ1) is 16.7. The van der Waals surface area contributed by atoms with Crippen molar-refractivity contribution >= 4 is 11.9 Å². The zero-order chi connectivity index (χ0) is 24.8. The number of esters is 2. The van der Waals surface area contributed by atoms with Crippen LogP contribution >= 0.6 is 0 Å². The van der Waals surface area contributed by atoms with E-state index >= 15 is 0 Å². The topological polar surface area (TPSA) is 71.1 Å². The van der Waals surface area contributed by atoms with Gasteiger partial charge in [-0.15, -0.1) is 0 Å².